The van der Waals surface area contributed by atoms with Gasteiger partial charge in [0.2, 0.25) is 5.78 Å². The third-order valence-electron chi connectivity index (χ3n) is 2.68. The van der Waals surface area contributed by atoms with Crippen molar-refractivity contribution in [1.82, 2.24) is 0 Å². The average molecular weight is 248 g/mol. The second-order valence-corrected chi connectivity index (χ2v) is 4.07. The van der Waals surface area contributed by atoms with Gasteiger partial charge < -0.3 is 13.9 Å². The summed E-state index contributed by atoms with van der Waals surface area (Å²) in [6, 6.07) is 7.57. The molecule has 18 heavy (non-hydrogen) atoms. The predicted molar refractivity (Wildman–Crippen MR) is 68.0 cm³/mol. The molecular weight excluding hydrogens is 232 g/mol. The number of carbonyl (C=O) groups excluding carboxylic acids is 1. The van der Waals surface area contributed by atoms with Crippen molar-refractivity contribution in [1.29, 1.82) is 0 Å². The minimum Gasteiger partial charge on any atom is -0.453 e. The summed E-state index contributed by atoms with van der Waals surface area (Å²) in [7, 11) is 1.59. The Morgan fingerprint density at radius 3 is 2.89 bits per heavy atom. The SMILES string of the molecule is COCCOCC(=O)c1cc2cccc(C)c2o1. The summed E-state index contributed by atoms with van der Waals surface area (Å²) in [4.78, 5) is 11.8. The van der Waals surface area contributed by atoms with Crippen molar-refractivity contribution in [3.8, 4) is 0 Å². The van der Waals surface area contributed by atoms with Gasteiger partial charge >= 0.3 is 0 Å². The van der Waals surface area contributed by atoms with E-state index in [4.69, 9.17) is 13.9 Å². The molecular formula is C14H16O4. The van der Waals surface area contributed by atoms with Gasteiger partial charge in [0.25, 0.3) is 0 Å². The van der Waals surface area contributed by atoms with Gasteiger partial charge in [0.15, 0.2) is 5.76 Å². The highest BCUT2D eigenvalue weighted by atomic mass is 16.5. The molecule has 0 unspecified atom stereocenters. The number of carbonyl (C=O) groups is 1. The van der Waals surface area contributed by atoms with Crippen LogP contribution in [0.3, 0.4) is 0 Å². The normalized spacial score (nSPS) is 11.0. The van der Waals surface area contributed by atoms with Gasteiger partial charge in [0.05, 0.1) is 13.2 Å². The van der Waals surface area contributed by atoms with E-state index in [9.17, 15) is 4.79 Å². The van der Waals surface area contributed by atoms with Crippen LogP contribution in [0.5, 0.6) is 0 Å². The maximum absolute atomic E-state index is 11.8. The molecule has 0 aliphatic rings. The van der Waals surface area contributed by atoms with Crippen LogP contribution in [0.4, 0.5) is 0 Å². The lowest BCUT2D eigenvalue weighted by molar-refractivity contribution is 0.0559. The summed E-state index contributed by atoms with van der Waals surface area (Å²) in [5.74, 6) is 0.193. The largest absolute Gasteiger partial charge is 0.453 e. The van der Waals surface area contributed by atoms with E-state index in [0.717, 1.165) is 16.5 Å². The van der Waals surface area contributed by atoms with E-state index in [2.05, 4.69) is 0 Å². The van der Waals surface area contributed by atoms with Crippen molar-refractivity contribution in [2.75, 3.05) is 26.9 Å². The van der Waals surface area contributed by atoms with Crippen LogP contribution in [0.25, 0.3) is 11.0 Å². The van der Waals surface area contributed by atoms with E-state index in [0.29, 0.717) is 19.0 Å². The van der Waals surface area contributed by atoms with Crippen molar-refractivity contribution in [3.05, 3.63) is 35.6 Å². The van der Waals surface area contributed by atoms with Crippen LogP contribution in [0.2, 0.25) is 0 Å². The van der Waals surface area contributed by atoms with Gasteiger partial charge in [-0.05, 0) is 18.6 Å². The first kappa shape index (κ1) is 12.8. The molecule has 0 radical (unpaired) electrons. The van der Waals surface area contributed by atoms with E-state index < -0.39 is 0 Å². The van der Waals surface area contributed by atoms with Crippen molar-refractivity contribution in [2.24, 2.45) is 0 Å². The lowest BCUT2D eigenvalue weighted by Gasteiger charge is -2.00. The van der Waals surface area contributed by atoms with Crippen molar-refractivity contribution in [3.63, 3.8) is 0 Å². The van der Waals surface area contributed by atoms with Crippen molar-refractivity contribution < 1.29 is 18.7 Å². The van der Waals surface area contributed by atoms with Crippen LogP contribution in [0.15, 0.2) is 28.7 Å². The van der Waals surface area contributed by atoms with Crippen LogP contribution in [-0.2, 0) is 9.47 Å². The predicted octanol–water partition coefficient (Wildman–Crippen LogP) is 2.59. The number of ketones is 1. The number of furan rings is 1. The third-order valence-corrected chi connectivity index (χ3v) is 2.68. The molecule has 96 valence electrons. The zero-order chi connectivity index (χ0) is 13.0. The second kappa shape index (κ2) is 5.80. The van der Waals surface area contributed by atoms with Gasteiger partial charge in [-0.15, -0.1) is 0 Å². The Morgan fingerprint density at radius 2 is 2.17 bits per heavy atom. The molecule has 2 aromatic rings. The number of rotatable bonds is 6. The van der Waals surface area contributed by atoms with Crippen LogP contribution in [-0.4, -0.2) is 32.7 Å². The number of hydrogen-bond acceptors (Lipinski definition) is 4. The first-order valence-corrected chi connectivity index (χ1v) is 5.81. The molecule has 0 saturated carbocycles. The Bertz CT molecular complexity index is 542. The highest BCUT2D eigenvalue weighted by Crippen LogP contribution is 2.22. The van der Waals surface area contributed by atoms with Gasteiger partial charge in [-0.2, -0.15) is 0 Å². The summed E-state index contributed by atoms with van der Waals surface area (Å²) >= 11 is 0. The van der Waals surface area contributed by atoms with Crippen LogP contribution in [0, 0.1) is 6.92 Å². The van der Waals surface area contributed by atoms with E-state index in [1.807, 2.05) is 25.1 Å². The number of Topliss-reactive ketones (excluding diaryl/α,β-unsaturated/α-hetero) is 1. The Morgan fingerprint density at radius 1 is 1.33 bits per heavy atom. The van der Waals surface area contributed by atoms with Gasteiger partial charge in [0.1, 0.15) is 12.2 Å². The minimum atomic E-state index is -0.151. The Labute approximate surface area is 105 Å². The van der Waals surface area contributed by atoms with Gasteiger partial charge in [-0.1, -0.05) is 18.2 Å². The Balaban J connectivity index is 2.06. The molecule has 4 heteroatoms. The van der Waals surface area contributed by atoms with Crippen LogP contribution >= 0.6 is 0 Å². The molecule has 0 atom stereocenters. The number of methoxy groups -OCH3 is 1. The topological polar surface area (TPSA) is 48.7 Å². The summed E-state index contributed by atoms with van der Waals surface area (Å²) in [5, 5.41) is 0.940. The first-order valence-electron chi connectivity index (χ1n) is 5.81. The number of ether oxygens (including phenoxy) is 2. The molecule has 2 rings (SSSR count). The second-order valence-electron chi connectivity index (χ2n) is 4.07. The molecule has 1 aromatic heterocycles. The molecule has 1 aromatic carbocycles. The standard InChI is InChI=1S/C14H16O4/c1-10-4-3-5-11-8-13(18-14(10)11)12(15)9-17-7-6-16-2/h3-5,8H,6-7,9H2,1-2H3. The van der Waals surface area contributed by atoms with Gasteiger partial charge in [0, 0.05) is 12.5 Å². The summed E-state index contributed by atoms with van der Waals surface area (Å²) < 4.78 is 15.6. The van der Waals surface area contributed by atoms with Gasteiger partial charge in [-0.25, -0.2) is 0 Å². The summed E-state index contributed by atoms with van der Waals surface area (Å²) in [6.45, 7) is 2.85. The van der Waals surface area contributed by atoms with E-state index in [1.165, 1.54) is 0 Å². The molecule has 4 nitrogen and oxygen atoms in total. The van der Waals surface area contributed by atoms with Crippen LogP contribution < -0.4 is 0 Å². The fourth-order valence-electron chi connectivity index (χ4n) is 1.72. The van der Waals surface area contributed by atoms with E-state index in [-0.39, 0.29) is 12.4 Å². The van der Waals surface area contributed by atoms with E-state index >= 15 is 0 Å². The fourth-order valence-corrected chi connectivity index (χ4v) is 1.72. The van der Waals surface area contributed by atoms with Crippen molar-refractivity contribution in [2.45, 2.75) is 6.92 Å². The number of aryl methyl sites for hydroxylation is 1. The quantitative estimate of drug-likeness (QED) is 0.582. The first-order chi connectivity index (χ1) is 8.72. The highest BCUT2D eigenvalue weighted by Gasteiger charge is 2.13. The fraction of sp³-hybridized carbons (Fsp3) is 0.357. The Hall–Kier alpha value is -1.65. The highest BCUT2D eigenvalue weighted by molar-refractivity contribution is 5.98. The molecule has 0 aliphatic carbocycles. The third kappa shape index (κ3) is 2.78. The summed E-state index contributed by atoms with van der Waals surface area (Å²) in [6.07, 6.45) is 0. The average Bonchev–Trinajstić information content (AvgIpc) is 2.80. The number of benzene rings is 1. The molecule has 0 amide bonds. The zero-order valence-corrected chi connectivity index (χ0v) is 10.6. The molecule has 1 heterocycles. The Kier molecular flexibility index (Phi) is 4.12. The molecule has 0 N–H and O–H groups in total. The van der Waals surface area contributed by atoms with E-state index in [1.54, 1.807) is 13.2 Å². The zero-order valence-electron chi connectivity index (χ0n) is 10.6. The summed E-state index contributed by atoms with van der Waals surface area (Å²) in [5.41, 5.74) is 1.78. The lowest BCUT2D eigenvalue weighted by Crippen LogP contribution is -2.11. The lowest BCUT2D eigenvalue weighted by atomic mass is 10.2. The number of fused-ring (bicyclic) bond motifs is 1. The number of para-hydroxylation sites is 1. The van der Waals surface area contributed by atoms with Gasteiger partial charge in [-0.3, -0.25) is 4.79 Å². The molecule has 0 spiro atoms. The number of hydrogen-bond donors (Lipinski definition) is 0. The smallest absolute Gasteiger partial charge is 0.223 e. The minimum absolute atomic E-state index is 0.0161. The molecule has 0 bridgehead atoms. The molecule has 0 saturated heterocycles. The monoisotopic (exact) mass is 248 g/mol. The molecule has 0 fully saturated rings. The van der Waals surface area contributed by atoms with Crippen molar-refractivity contribution >= 4 is 16.8 Å². The maximum Gasteiger partial charge on any atom is 0.223 e. The van der Waals surface area contributed by atoms with Crippen LogP contribution in [0.1, 0.15) is 16.1 Å². The molecule has 0 aliphatic heterocycles. The maximum atomic E-state index is 11.8.